The minimum atomic E-state index is -4.54. The van der Waals surface area contributed by atoms with Crippen molar-refractivity contribution in [3.63, 3.8) is 0 Å². The van der Waals surface area contributed by atoms with Crippen molar-refractivity contribution < 1.29 is 13.2 Å². The van der Waals surface area contributed by atoms with Crippen LogP contribution < -0.4 is 4.90 Å². The lowest BCUT2D eigenvalue weighted by molar-refractivity contribution is -0.141. The molecule has 0 radical (unpaired) electrons. The summed E-state index contributed by atoms with van der Waals surface area (Å²) in [5.74, 6) is 1.42. The maximum absolute atomic E-state index is 13.1. The molecule has 0 amide bonds. The molecule has 0 saturated carbocycles. The van der Waals surface area contributed by atoms with E-state index in [1.165, 1.54) is 10.6 Å². The second-order valence-electron chi connectivity index (χ2n) is 7.34. The minimum Gasteiger partial charge on any atom is -0.356 e. The lowest BCUT2D eigenvalue weighted by atomic mass is 9.95. The summed E-state index contributed by atoms with van der Waals surface area (Å²) in [7, 11) is 0. The summed E-state index contributed by atoms with van der Waals surface area (Å²) in [6.45, 7) is 1.66. The standard InChI is InChI=1S/C20H18F3N7/c21-20(22,23)16-12-30-15(9-27-18(30)10-26-16)19-25-7-5-17(28-19)29-8-2-3-13(11-29)14-4-1-6-24-14/h4-7,9-10,12-13H,1-3,8,11H2. The van der Waals surface area contributed by atoms with E-state index in [1.807, 2.05) is 12.3 Å². The van der Waals surface area contributed by atoms with Crippen LogP contribution in [0.4, 0.5) is 19.0 Å². The number of nitrogens with zero attached hydrogens (tertiary/aromatic N) is 7. The molecule has 0 bridgehead atoms. The van der Waals surface area contributed by atoms with Crippen molar-refractivity contribution in [3.8, 4) is 11.5 Å². The third-order valence-corrected chi connectivity index (χ3v) is 5.39. The van der Waals surface area contributed by atoms with Gasteiger partial charge < -0.3 is 4.90 Å². The first-order chi connectivity index (χ1) is 14.5. The number of fused-ring (bicyclic) bond motifs is 1. The largest absolute Gasteiger partial charge is 0.434 e. The molecule has 0 spiro atoms. The second kappa shape index (κ2) is 7.19. The van der Waals surface area contributed by atoms with Crippen LogP contribution in [0.1, 0.15) is 25.0 Å². The highest BCUT2D eigenvalue weighted by atomic mass is 19.4. The van der Waals surface area contributed by atoms with E-state index in [-0.39, 0.29) is 0 Å². The summed E-state index contributed by atoms with van der Waals surface area (Å²) in [6, 6.07) is 1.82. The molecule has 0 N–H and O–H groups in total. The number of hydrogen-bond acceptors (Lipinski definition) is 6. The van der Waals surface area contributed by atoms with E-state index in [9.17, 15) is 13.2 Å². The van der Waals surface area contributed by atoms with Crippen LogP contribution in [0.25, 0.3) is 17.2 Å². The molecule has 5 heterocycles. The Balaban J connectivity index is 1.47. The zero-order chi connectivity index (χ0) is 20.7. The molecule has 1 saturated heterocycles. The third-order valence-electron chi connectivity index (χ3n) is 5.39. The summed E-state index contributed by atoms with van der Waals surface area (Å²) in [6.07, 6.45) is 7.63. The first-order valence-electron chi connectivity index (χ1n) is 9.70. The maximum atomic E-state index is 13.1. The summed E-state index contributed by atoms with van der Waals surface area (Å²) < 4.78 is 40.6. The monoisotopic (exact) mass is 413 g/mol. The summed E-state index contributed by atoms with van der Waals surface area (Å²) >= 11 is 0. The van der Waals surface area contributed by atoms with Gasteiger partial charge in [-0.2, -0.15) is 13.2 Å². The topological polar surface area (TPSA) is 71.6 Å². The van der Waals surface area contributed by atoms with Gasteiger partial charge in [0, 0.05) is 49.7 Å². The molecule has 3 aromatic rings. The van der Waals surface area contributed by atoms with Gasteiger partial charge in [-0.1, -0.05) is 6.08 Å². The van der Waals surface area contributed by atoms with Crippen LogP contribution in [-0.4, -0.2) is 43.6 Å². The van der Waals surface area contributed by atoms with Crippen LogP contribution in [0.15, 0.2) is 47.6 Å². The number of anilines is 1. The molecule has 0 aromatic carbocycles. The van der Waals surface area contributed by atoms with Crippen LogP contribution in [-0.2, 0) is 6.18 Å². The number of piperidine rings is 1. The van der Waals surface area contributed by atoms with Gasteiger partial charge in [-0.25, -0.2) is 19.9 Å². The predicted molar refractivity (Wildman–Crippen MR) is 105 cm³/mol. The molecule has 7 nitrogen and oxygen atoms in total. The molecule has 2 aliphatic rings. The van der Waals surface area contributed by atoms with Gasteiger partial charge in [0.15, 0.2) is 17.2 Å². The molecule has 3 aromatic heterocycles. The molecule has 10 heteroatoms. The first kappa shape index (κ1) is 18.7. The number of alkyl halides is 3. The fourth-order valence-corrected chi connectivity index (χ4v) is 3.93. The van der Waals surface area contributed by atoms with E-state index < -0.39 is 11.9 Å². The normalized spacial score (nSPS) is 19.5. The number of allylic oxidation sites excluding steroid dienone is 1. The molecule has 5 rings (SSSR count). The fourth-order valence-electron chi connectivity index (χ4n) is 3.93. The number of imidazole rings is 1. The Bertz CT molecular complexity index is 1150. The average molecular weight is 413 g/mol. The minimum absolute atomic E-state index is 0.302. The smallest absolute Gasteiger partial charge is 0.356 e. The van der Waals surface area contributed by atoms with E-state index in [0.29, 0.717) is 23.1 Å². The highest BCUT2D eigenvalue weighted by Gasteiger charge is 2.33. The lowest BCUT2D eigenvalue weighted by Crippen LogP contribution is -2.36. The predicted octanol–water partition coefficient (Wildman–Crippen LogP) is 3.78. The van der Waals surface area contributed by atoms with E-state index in [1.54, 1.807) is 6.20 Å². The molecular formula is C20H18F3N7. The van der Waals surface area contributed by atoms with Crippen molar-refractivity contribution in [2.45, 2.75) is 25.4 Å². The first-order valence-corrected chi connectivity index (χ1v) is 9.70. The summed E-state index contributed by atoms with van der Waals surface area (Å²) in [5.41, 5.74) is 0.824. The molecule has 154 valence electrons. The van der Waals surface area contributed by atoms with E-state index in [2.05, 4.69) is 35.9 Å². The van der Waals surface area contributed by atoms with Gasteiger partial charge in [0.1, 0.15) is 11.5 Å². The fraction of sp³-hybridized carbons (Fsp3) is 0.350. The number of halogens is 3. The highest BCUT2D eigenvalue weighted by Crippen LogP contribution is 2.31. The van der Waals surface area contributed by atoms with Gasteiger partial charge in [0.2, 0.25) is 0 Å². The quantitative estimate of drug-likeness (QED) is 0.654. The van der Waals surface area contributed by atoms with Gasteiger partial charge in [-0.15, -0.1) is 0 Å². The Morgan fingerprint density at radius 2 is 2.00 bits per heavy atom. The molecule has 1 atom stereocenters. The van der Waals surface area contributed by atoms with E-state index >= 15 is 0 Å². The second-order valence-corrected chi connectivity index (χ2v) is 7.34. The summed E-state index contributed by atoms with van der Waals surface area (Å²) in [4.78, 5) is 23.2. The van der Waals surface area contributed by atoms with Crippen LogP contribution in [0, 0.1) is 5.92 Å². The van der Waals surface area contributed by atoms with Gasteiger partial charge in [0.25, 0.3) is 0 Å². The van der Waals surface area contributed by atoms with Crippen molar-refractivity contribution in [2.24, 2.45) is 10.9 Å². The van der Waals surface area contributed by atoms with Gasteiger partial charge in [0.05, 0.1) is 12.4 Å². The van der Waals surface area contributed by atoms with Crippen LogP contribution >= 0.6 is 0 Å². The van der Waals surface area contributed by atoms with Crippen molar-refractivity contribution in [3.05, 3.63) is 48.3 Å². The van der Waals surface area contributed by atoms with Crippen molar-refractivity contribution in [2.75, 3.05) is 18.0 Å². The Morgan fingerprint density at radius 3 is 2.80 bits per heavy atom. The highest BCUT2D eigenvalue weighted by molar-refractivity contribution is 5.65. The van der Waals surface area contributed by atoms with Gasteiger partial charge in [-0.3, -0.25) is 9.39 Å². The van der Waals surface area contributed by atoms with Crippen LogP contribution in [0.5, 0.6) is 0 Å². The number of rotatable bonds is 3. The van der Waals surface area contributed by atoms with Gasteiger partial charge in [-0.05, 0) is 18.9 Å². The zero-order valence-electron chi connectivity index (χ0n) is 15.9. The Labute approximate surface area is 170 Å². The Hall–Kier alpha value is -3.30. The zero-order valence-corrected chi connectivity index (χ0v) is 15.9. The molecule has 0 aliphatic carbocycles. The van der Waals surface area contributed by atoms with Crippen molar-refractivity contribution >= 4 is 17.7 Å². The van der Waals surface area contributed by atoms with Crippen molar-refractivity contribution in [1.82, 2.24) is 24.3 Å². The van der Waals surface area contributed by atoms with E-state index in [0.717, 1.165) is 56.3 Å². The molecule has 1 unspecified atom stereocenters. The van der Waals surface area contributed by atoms with Crippen molar-refractivity contribution in [1.29, 1.82) is 0 Å². The number of hydrogen-bond donors (Lipinski definition) is 0. The maximum Gasteiger partial charge on any atom is 0.434 e. The molecular weight excluding hydrogens is 395 g/mol. The van der Waals surface area contributed by atoms with E-state index in [4.69, 9.17) is 0 Å². The Morgan fingerprint density at radius 1 is 1.10 bits per heavy atom. The molecule has 30 heavy (non-hydrogen) atoms. The van der Waals surface area contributed by atoms with Gasteiger partial charge >= 0.3 is 6.18 Å². The van der Waals surface area contributed by atoms with Crippen LogP contribution in [0.3, 0.4) is 0 Å². The Kier molecular flexibility index (Phi) is 4.48. The number of aliphatic imine (C=N–C) groups is 1. The number of aromatic nitrogens is 5. The third kappa shape index (κ3) is 3.42. The molecule has 2 aliphatic heterocycles. The average Bonchev–Trinajstić information content (AvgIpc) is 3.43. The lowest BCUT2D eigenvalue weighted by Gasteiger charge is -2.33. The summed E-state index contributed by atoms with van der Waals surface area (Å²) in [5, 5.41) is 0. The molecule has 1 fully saturated rings. The van der Waals surface area contributed by atoms with Crippen LogP contribution in [0.2, 0.25) is 0 Å². The SMILES string of the molecule is FC(F)(F)c1cn2c(-c3nccc(N4CCCC(C5=CCC=N5)C4)n3)cnc2cn1.